The van der Waals surface area contributed by atoms with Gasteiger partial charge in [0.25, 0.3) is 0 Å². The van der Waals surface area contributed by atoms with Gasteiger partial charge in [0, 0.05) is 30.0 Å². The van der Waals surface area contributed by atoms with Crippen molar-refractivity contribution >= 4 is 15.7 Å². The molecular weight excluding hydrogens is 405 g/mol. The summed E-state index contributed by atoms with van der Waals surface area (Å²) in [6, 6.07) is 4.65. The zero-order valence-corrected chi connectivity index (χ0v) is 17.4. The first-order valence-electron chi connectivity index (χ1n) is 9.34. The smallest absolute Gasteiger partial charge is 0.379 e. The zero-order valence-electron chi connectivity index (χ0n) is 16.5. The van der Waals surface area contributed by atoms with Gasteiger partial charge < -0.3 is 9.88 Å². The van der Waals surface area contributed by atoms with Crippen LogP contribution < -0.4 is 10.0 Å². The molecule has 1 aromatic carbocycles. The van der Waals surface area contributed by atoms with Gasteiger partial charge in [0.1, 0.15) is 0 Å². The predicted molar refractivity (Wildman–Crippen MR) is 105 cm³/mol. The van der Waals surface area contributed by atoms with Crippen molar-refractivity contribution < 1.29 is 21.6 Å². The van der Waals surface area contributed by atoms with Crippen LogP contribution in [0.15, 0.2) is 35.6 Å². The molecule has 1 saturated carbocycles. The number of aryl methyl sites for hydroxylation is 1. The molecule has 10 heteroatoms. The van der Waals surface area contributed by atoms with Gasteiger partial charge in [0.2, 0.25) is 10.0 Å². The number of alkyl halides is 3. The third kappa shape index (κ3) is 4.75. The molecule has 0 amide bonds. The highest BCUT2D eigenvalue weighted by molar-refractivity contribution is 7.89. The number of benzene rings is 1. The number of rotatable bonds is 5. The van der Waals surface area contributed by atoms with E-state index in [0.29, 0.717) is 29.8 Å². The first-order chi connectivity index (χ1) is 13.4. The van der Waals surface area contributed by atoms with Crippen LogP contribution in [-0.2, 0) is 17.1 Å². The van der Waals surface area contributed by atoms with Gasteiger partial charge in [-0.3, -0.25) is 0 Å². The molecule has 0 bridgehead atoms. The van der Waals surface area contributed by atoms with Crippen LogP contribution in [0.4, 0.5) is 18.9 Å². The highest BCUT2D eigenvalue weighted by Gasteiger charge is 2.44. The summed E-state index contributed by atoms with van der Waals surface area (Å²) in [6.45, 7) is 1.90. The van der Waals surface area contributed by atoms with Gasteiger partial charge in [0.05, 0.1) is 22.8 Å². The lowest BCUT2D eigenvalue weighted by Gasteiger charge is -2.39. The molecule has 0 saturated heterocycles. The average Bonchev–Trinajstić information content (AvgIpc) is 3.07. The lowest BCUT2D eigenvalue weighted by molar-refractivity contribution is -0.183. The molecule has 2 aromatic rings. The molecule has 1 heterocycles. The van der Waals surface area contributed by atoms with Gasteiger partial charge >= 0.3 is 6.18 Å². The summed E-state index contributed by atoms with van der Waals surface area (Å²) in [4.78, 5) is 4.41. The van der Waals surface area contributed by atoms with Gasteiger partial charge in [-0.25, -0.2) is 18.1 Å². The molecule has 1 fully saturated rings. The third-order valence-corrected chi connectivity index (χ3v) is 6.95. The van der Waals surface area contributed by atoms with E-state index in [9.17, 15) is 21.6 Å². The fourth-order valence-corrected chi connectivity index (χ4v) is 4.47. The van der Waals surface area contributed by atoms with Crippen molar-refractivity contribution in [3.05, 3.63) is 30.7 Å². The van der Waals surface area contributed by atoms with Gasteiger partial charge in [-0.05, 0) is 57.9 Å². The molecule has 0 unspecified atom stereocenters. The van der Waals surface area contributed by atoms with E-state index in [1.165, 1.54) is 19.2 Å². The molecule has 2 N–H and O–H groups in total. The summed E-state index contributed by atoms with van der Waals surface area (Å²) in [5, 5.41) is 3.37. The molecule has 3 rings (SSSR count). The van der Waals surface area contributed by atoms with E-state index in [0.717, 1.165) is 0 Å². The second-order valence-electron chi connectivity index (χ2n) is 7.84. The van der Waals surface area contributed by atoms with Crippen molar-refractivity contribution in [2.75, 3.05) is 12.4 Å². The van der Waals surface area contributed by atoms with Crippen LogP contribution >= 0.6 is 0 Å². The number of anilines is 1. The largest absolute Gasteiger partial charge is 0.391 e. The Morgan fingerprint density at radius 1 is 1.24 bits per heavy atom. The Hall–Kier alpha value is -2.07. The molecule has 160 valence electrons. The van der Waals surface area contributed by atoms with Gasteiger partial charge in [-0.1, -0.05) is 0 Å². The highest BCUT2D eigenvalue weighted by atomic mass is 32.2. The molecule has 1 aliphatic rings. The molecule has 1 aliphatic carbocycles. The highest BCUT2D eigenvalue weighted by Crippen LogP contribution is 2.43. The minimum Gasteiger partial charge on any atom is -0.379 e. The summed E-state index contributed by atoms with van der Waals surface area (Å²) in [7, 11) is -0.509. The monoisotopic (exact) mass is 430 g/mol. The fourth-order valence-electron chi connectivity index (χ4n) is 3.71. The first-order valence-corrected chi connectivity index (χ1v) is 10.8. The number of nitrogens with zero attached hydrogens (tertiary/aromatic N) is 2. The van der Waals surface area contributed by atoms with Crippen LogP contribution in [0.2, 0.25) is 0 Å². The van der Waals surface area contributed by atoms with Crippen LogP contribution in [-0.4, -0.2) is 36.7 Å². The van der Waals surface area contributed by atoms with Crippen molar-refractivity contribution in [3.63, 3.8) is 0 Å². The number of hydrogen-bond donors (Lipinski definition) is 2. The molecular formula is C19H25F3N4O2S. The lowest BCUT2D eigenvalue weighted by Crippen LogP contribution is -2.41. The van der Waals surface area contributed by atoms with Crippen LogP contribution in [0.25, 0.3) is 11.3 Å². The Balaban J connectivity index is 1.93. The molecule has 0 aliphatic heterocycles. The Kier molecular flexibility index (Phi) is 5.70. The number of hydrogen-bond acceptors (Lipinski definition) is 4. The van der Waals surface area contributed by atoms with Crippen LogP contribution in [0.3, 0.4) is 0 Å². The number of aromatic nitrogens is 2. The molecule has 1 aromatic heterocycles. The average molecular weight is 430 g/mol. The lowest BCUT2D eigenvalue weighted by atomic mass is 9.77. The molecule has 0 radical (unpaired) electrons. The van der Waals surface area contributed by atoms with E-state index in [2.05, 4.69) is 15.0 Å². The number of halogens is 3. The van der Waals surface area contributed by atoms with Gasteiger partial charge in [-0.15, -0.1) is 0 Å². The number of imidazole rings is 1. The third-order valence-electron chi connectivity index (χ3n) is 5.54. The second-order valence-corrected chi connectivity index (χ2v) is 9.73. The molecule has 6 nitrogen and oxygen atoms in total. The molecule has 0 spiro atoms. The Labute approximate surface area is 168 Å². The van der Waals surface area contributed by atoms with E-state index in [-0.39, 0.29) is 17.7 Å². The van der Waals surface area contributed by atoms with E-state index in [1.807, 2.05) is 6.92 Å². The summed E-state index contributed by atoms with van der Waals surface area (Å²) in [5.41, 5.74) is 1.29. The second kappa shape index (κ2) is 7.64. The van der Waals surface area contributed by atoms with Crippen LogP contribution in [0.5, 0.6) is 0 Å². The zero-order chi connectivity index (χ0) is 21.4. The SMILES string of the molecule is CNS(=O)(=O)c1ccc(NC2(C)CCC(C(F)(F)F)CC2)c(-c2cn(C)cn2)c1. The minimum atomic E-state index is -4.16. The van der Waals surface area contributed by atoms with Crippen LogP contribution in [0.1, 0.15) is 32.6 Å². The maximum atomic E-state index is 13.0. The predicted octanol–water partition coefficient (Wildman–Crippen LogP) is 3.92. The van der Waals surface area contributed by atoms with Crippen LogP contribution in [0, 0.1) is 5.92 Å². The number of sulfonamides is 1. The summed E-state index contributed by atoms with van der Waals surface area (Å²) in [6.07, 6.45) is 0.0818. The standard InChI is InChI=1S/C19H25F3N4O2S/c1-18(8-6-13(7-9-18)19(20,21)22)25-16-5-4-14(29(27,28)23-2)10-15(16)17-11-26(3)12-24-17/h4-5,10-13,23,25H,6-9H2,1-3H3. The van der Waals surface area contributed by atoms with Gasteiger partial charge in [0.15, 0.2) is 0 Å². The molecule has 29 heavy (non-hydrogen) atoms. The van der Waals surface area contributed by atoms with E-state index in [1.54, 1.807) is 30.2 Å². The quantitative estimate of drug-likeness (QED) is 0.754. The first kappa shape index (κ1) is 21.6. The maximum absolute atomic E-state index is 13.0. The number of nitrogens with one attached hydrogen (secondary N) is 2. The summed E-state index contributed by atoms with van der Waals surface area (Å²) in [5.74, 6) is -1.27. The van der Waals surface area contributed by atoms with E-state index in [4.69, 9.17) is 0 Å². The van der Waals surface area contributed by atoms with Crippen molar-refractivity contribution in [3.8, 4) is 11.3 Å². The normalized spacial score (nSPS) is 23.2. The van der Waals surface area contributed by atoms with Crippen molar-refractivity contribution in [2.45, 2.75) is 49.2 Å². The summed E-state index contributed by atoms with van der Waals surface area (Å²) < 4.78 is 67.5. The van der Waals surface area contributed by atoms with Crippen molar-refractivity contribution in [1.82, 2.24) is 14.3 Å². The fraction of sp³-hybridized carbons (Fsp3) is 0.526. The Morgan fingerprint density at radius 3 is 2.41 bits per heavy atom. The van der Waals surface area contributed by atoms with Crippen molar-refractivity contribution in [1.29, 1.82) is 0 Å². The van der Waals surface area contributed by atoms with E-state index >= 15 is 0 Å². The Morgan fingerprint density at radius 2 is 1.90 bits per heavy atom. The Bertz CT molecular complexity index is 978. The minimum absolute atomic E-state index is 0.0676. The van der Waals surface area contributed by atoms with Crippen molar-refractivity contribution in [2.24, 2.45) is 13.0 Å². The maximum Gasteiger partial charge on any atom is 0.391 e. The van der Waals surface area contributed by atoms with Gasteiger partial charge in [-0.2, -0.15) is 13.2 Å². The summed E-state index contributed by atoms with van der Waals surface area (Å²) >= 11 is 0. The van der Waals surface area contributed by atoms with E-state index < -0.39 is 27.7 Å². The molecule has 0 atom stereocenters. The topological polar surface area (TPSA) is 76.0 Å².